The molecule has 0 spiro atoms. The van der Waals surface area contributed by atoms with Crippen LogP contribution < -0.4 is 50.9 Å². The minimum absolute atomic E-state index is 0. The average Bonchev–Trinajstić information content (AvgIpc) is 3.62. The molecule has 1 aliphatic carbocycles. The third-order valence-corrected chi connectivity index (χ3v) is 5.50. The van der Waals surface area contributed by atoms with Crippen molar-refractivity contribution < 1.29 is 53.4 Å². The van der Waals surface area contributed by atoms with Crippen LogP contribution in [0, 0.1) is 5.82 Å². The first kappa shape index (κ1) is 26.8. The van der Waals surface area contributed by atoms with Gasteiger partial charge in [0.15, 0.2) is 0 Å². The largest absolute Gasteiger partial charge is 1.00 e. The van der Waals surface area contributed by atoms with E-state index < -0.39 is 22.8 Å². The van der Waals surface area contributed by atoms with Gasteiger partial charge in [0.25, 0.3) is 11.5 Å². The Hall–Kier alpha value is -2.79. The molecular formula is C24H24FN4NaO5. The standard InChI is InChI=1S/C24H25FN4O5.Na/c1-34-9-8-26-23(32)20-22(31)21-18(29(24(20)33)13-19(30)28-17-6-7-17)11-15(12-27-21)10-14-2-4-16(25)5-3-14;/h2-5,11-12,17,31H,6-10,13H2,1H3,(H,26,32)(H,28,30);/q;+1/p-1. The molecule has 4 rings (SSSR count). The Kier molecular flexibility index (Phi) is 9.01. The number of hydrogen-bond acceptors (Lipinski definition) is 6. The summed E-state index contributed by atoms with van der Waals surface area (Å²) in [5.41, 5.74) is 0.0826. The Balaban J connectivity index is 0.00000342. The quantitative estimate of drug-likeness (QED) is 0.261. The number of ether oxygens (including phenoxy) is 1. The first-order valence-electron chi connectivity index (χ1n) is 10.9. The molecule has 0 unspecified atom stereocenters. The summed E-state index contributed by atoms with van der Waals surface area (Å²) in [6, 6.07) is 7.62. The van der Waals surface area contributed by atoms with Crippen molar-refractivity contribution in [2.24, 2.45) is 0 Å². The summed E-state index contributed by atoms with van der Waals surface area (Å²) in [5, 5.41) is 18.3. The summed E-state index contributed by atoms with van der Waals surface area (Å²) in [6.07, 6.45) is 3.59. The fourth-order valence-corrected chi connectivity index (χ4v) is 3.63. The van der Waals surface area contributed by atoms with Crippen molar-refractivity contribution in [3.05, 3.63) is 69.4 Å². The number of hydrogen-bond donors (Lipinski definition) is 2. The van der Waals surface area contributed by atoms with Gasteiger partial charge in [-0.25, -0.2) is 4.39 Å². The van der Waals surface area contributed by atoms with Gasteiger partial charge in [-0.05, 0) is 48.6 Å². The van der Waals surface area contributed by atoms with Crippen molar-refractivity contribution in [1.82, 2.24) is 20.2 Å². The Labute approximate surface area is 223 Å². The molecule has 178 valence electrons. The maximum atomic E-state index is 13.2. The van der Waals surface area contributed by atoms with Gasteiger partial charge in [0.2, 0.25) is 5.91 Å². The summed E-state index contributed by atoms with van der Waals surface area (Å²) in [6.45, 7) is -0.0406. The molecule has 2 amide bonds. The molecule has 1 saturated carbocycles. The summed E-state index contributed by atoms with van der Waals surface area (Å²) in [5.74, 6) is -2.40. The van der Waals surface area contributed by atoms with E-state index >= 15 is 0 Å². The maximum absolute atomic E-state index is 13.2. The molecule has 0 radical (unpaired) electrons. The number of rotatable bonds is 9. The molecule has 2 N–H and O–H groups in total. The van der Waals surface area contributed by atoms with Crippen LogP contribution in [0.1, 0.15) is 34.3 Å². The smallest absolute Gasteiger partial charge is 0.870 e. The molecule has 11 heteroatoms. The Morgan fingerprint density at radius 2 is 1.94 bits per heavy atom. The number of pyridine rings is 2. The van der Waals surface area contributed by atoms with Crippen LogP contribution in [0.3, 0.4) is 0 Å². The monoisotopic (exact) mass is 490 g/mol. The zero-order chi connectivity index (χ0) is 24.2. The SMILES string of the molecule is COCCNC(=O)c1c([O-])c2ncc(Cc3ccc(F)cc3)cc2n(CC(=O)NC2CC2)c1=O.[Na+]. The van der Waals surface area contributed by atoms with Crippen molar-refractivity contribution in [2.45, 2.75) is 31.8 Å². The molecule has 2 aromatic heterocycles. The first-order valence-corrected chi connectivity index (χ1v) is 10.9. The number of carbonyl (C=O) groups is 2. The van der Waals surface area contributed by atoms with Crippen molar-refractivity contribution in [3.8, 4) is 5.75 Å². The molecule has 9 nitrogen and oxygen atoms in total. The Morgan fingerprint density at radius 3 is 2.60 bits per heavy atom. The minimum atomic E-state index is -0.862. The van der Waals surface area contributed by atoms with Crippen LogP contribution in [0.15, 0.2) is 41.3 Å². The Bertz CT molecular complexity index is 1290. The van der Waals surface area contributed by atoms with E-state index in [1.165, 1.54) is 25.4 Å². The molecule has 0 atom stereocenters. The van der Waals surface area contributed by atoms with Crippen LogP contribution in [0.2, 0.25) is 0 Å². The number of halogens is 1. The number of fused-ring (bicyclic) bond motifs is 1. The van der Waals surface area contributed by atoms with Gasteiger partial charge in [-0.15, -0.1) is 0 Å². The number of methoxy groups -OCH3 is 1. The topological polar surface area (TPSA) is 125 Å². The van der Waals surface area contributed by atoms with E-state index in [-0.39, 0.29) is 78.1 Å². The summed E-state index contributed by atoms with van der Waals surface area (Å²) < 4.78 is 19.2. The van der Waals surface area contributed by atoms with Gasteiger partial charge in [-0.1, -0.05) is 17.9 Å². The number of amides is 2. The minimum Gasteiger partial charge on any atom is -0.870 e. The van der Waals surface area contributed by atoms with E-state index in [0.717, 1.165) is 23.0 Å². The van der Waals surface area contributed by atoms with E-state index in [0.29, 0.717) is 12.0 Å². The second kappa shape index (κ2) is 11.8. The zero-order valence-corrected chi connectivity index (χ0v) is 21.6. The van der Waals surface area contributed by atoms with Crippen LogP contribution in [0.25, 0.3) is 11.0 Å². The molecule has 1 aliphatic rings. The van der Waals surface area contributed by atoms with Crippen LogP contribution >= 0.6 is 0 Å². The van der Waals surface area contributed by atoms with E-state index in [9.17, 15) is 23.9 Å². The normalized spacial score (nSPS) is 12.7. The van der Waals surface area contributed by atoms with Crippen molar-refractivity contribution in [2.75, 3.05) is 20.3 Å². The van der Waals surface area contributed by atoms with Crippen LogP contribution in [-0.2, 0) is 22.5 Å². The van der Waals surface area contributed by atoms with Gasteiger partial charge < -0.3 is 20.5 Å². The van der Waals surface area contributed by atoms with Gasteiger partial charge in [-0.2, -0.15) is 0 Å². The molecule has 0 aliphatic heterocycles. The number of benzene rings is 1. The van der Waals surface area contributed by atoms with Gasteiger partial charge in [0, 0.05) is 25.9 Å². The number of nitrogens with one attached hydrogen (secondary N) is 2. The second-order valence-corrected chi connectivity index (χ2v) is 8.20. The second-order valence-electron chi connectivity index (χ2n) is 8.20. The molecule has 0 saturated heterocycles. The molecule has 1 fully saturated rings. The third kappa shape index (κ3) is 6.46. The fraction of sp³-hybridized carbons (Fsp3) is 0.333. The van der Waals surface area contributed by atoms with E-state index in [2.05, 4.69) is 15.6 Å². The van der Waals surface area contributed by atoms with Gasteiger partial charge in [0.05, 0.1) is 23.2 Å². The summed E-state index contributed by atoms with van der Waals surface area (Å²) >= 11 is 0. The van der Waals surface area contributed by atoms with Crippen LogP contribution in [-0.4, -0.2) is 47.7 Å². The molecule has 1 aromatic carbocycles. The van der Waals surface area contributed by atoms with Gasteiger partial charge >= 0.3 is 29.6 Å². The molecule has 3 aromatic rings. The van der Waals surface area contributed by atoms with Gasteiger partial charge in [-0.3, -0.25) is 23.9 Å². The third-order valence-electron chi connectivity index (χ3n) is 5.50. The van der Waals surface area contributed by atoms with Crippen molar-refractivity contribution in [3.63, 3.8) is 0 Å². The predicted octanol–water partition coefficient (Wildman–Crippen LogP) is -2.14. The van der Waals surface area contributed by atoms with Gasteiger partial charge in [0.1, 0.15) is 12.4 Å². The van der Waals surface area contributed by atoms with Crippen LogP contribution in [0.4, 0.5) is 4.39 Å². The van der Waals surface area contributed by atoms with E-state index in [4.69, 9.17) is 4.74 Å². The Morgan fingerprint density at radius 1 is 1.23 bits per heavy atom. The van der Waals surface area contributed by atoms with E-state index in [1.54, 1.807) is 18.2 Å². The van der Waals surface area contributed by atoms with Crippen molar-refractivity contribution >= 4 is 22.8 Å². The molecule has 0 bridgehead atoms. The van der Waals surface area contributed by atoms with Crippen molar-refractivity contribution in [1.29, 1.82) is 0 Å². The zero-order valence-electron chi connectivity index (χ0n) is 19.6. The maximum Gasteiger partial charge on any atom is 1.00 e. The summed E-state index contributed by atoms with van der Waals surface area (Å²) in [4.78, 5) is 42.6. The van der Waals surface area contributed by atoms with Crippen LogP contribution in [0.5, 0.6) is 5.75 Å². The predicted molar refractivity (Wildman–Crippen MR) is 120 cm³/mol. The number of carbonyl (C=O) groups excluding carboxylic acids is 2. The molecule has 2 heterocycles. The fourth-order valence-electron chi connectivity index (χ4n) is 3.63. The van der Waals surface area contributed by atoms with E-state index in [1.807, 2.05) is 0 Å². The molecular weight excluding hydrogens is 466 g/mol. The number of aromatic nitrogens is 2. The summed E-state index contributed by atoms with van der Waals surface area (Å²) in [7, 11) is 1.46. The first-order chi connectivity index (χ1) is 16.4. The number of nitrogens with zero attached hydrogens (tertiary/aromatic N) is 2. The molecule has 35 heavy (non-hydrogen) atoms. The average molecular weight is 490 g/mol.